The van der Waals surface area contributed by atoms with E-state index in [0.717, 1.165) is 0 Å². The Morgan fingerprint density at radius 3 is 2.89 bits per heavy atom. The van der Waals surface area contributed by atoms with Crippen molar-refractivity contribution in [2.45, 2.75) is 5.16 Å². The Kier molecular flexibility index (Phi) is 4.24. The Balaban J connectivity index is 2.39. The van der Waals surface area contributed by atoms with Crippen molar-refractivity contribution < 1.29 is 9.90 Å². The van der Waals surface area contributed by atoms with Crippen LogP contribution in [0.5, 0.6) is 0 Å². The van der Waals surface area contributed by atoms with Crippen LogP contribution in [0.15, 0.2) is 35.6 Å². The minimum Gasteiger partial charge on any atom is -0.477 e. The molecule has 2 aromatic rings. The van der Waals surface area contributed by atoms with Crippen LogP contribution in [0.3, 0.4) is 0 Å². The third-order valence-corrected chi connectivity index (χ3v) is 3.06. The molecule has 19 heavy (non-hydrogen) atoms. The number of halogens is 1. The molecule has 0 saturated heterocycles. The van der Waals surface area contributed by atoms with Gasteiger partial charge in [0.15, 0.2) is 5.16 Å². The van der Waals surface area contributed by atoms with Gasteiger partial charge >= 0.3 is 5.97 Å². The number of hydrogen-bond donors (Lipinski definition) is 2. The van der Waals surface area contributed by atoms with Gasteiger partial charge in [-0.2, -0.15) is 0 Å². The second kappa shape index (κ2) is 5.90. The monoisotopic (exact) mass is 295 g/mol. The smallest absolute Gasteiger partial charge is 0.341 e. The summed E-state index contributed by atoms with van der Waals surface area (Å²) in [4.78, 5) is 19.2. The summed E-state index contributed by atoms with van der Waals surface area (Å²) in [5.74, 6) is -0.841. The lowest BCUT2D eigenvalue weighted by Crippen LogP contribution is -2.06. The van der Waals surface area contributed by atoms with Gasteiger partial charge in [0.05, 0.1) is 0 Å². The number of aromatic nitrogens is 2. The molecule has 0 bridgehead atoms. The molecule has 0 unspecified atom stereocenters. The summed E-state index contributed by atoms with van der Waals surface area (Å²) in [5, 5.41) is 13.1. The standard InChI is InChI=1S/C12H10ClN3O2S/c1-19-12-14-6-9(11(17)18)10(16-12)15-8-4-2-3-7(13)5-8/h2-6H,1H3,(H,17,18)(H,14,15,16). The maximum atomic E-state index is 11.1. The van der Waals surface area contributed by atoms with E-state index < -0.39 is 5.97 Å². The van der Waals surface area contributed by atoms with Crippen LogP contribution in [-0.4, -0.2) is 27.3 Å². The van der Waals surface area contributed by atoms with Crippen LogP contribution in [0.1, 0.15) is 10.4 Å². The molecule has 0 amide bonds. The second-order valence-electron chi connectivity index (χ2n) is 3.56. The van der Waals surface area contributed by atoms with Crippen molar-refractivity contribution in [3.05, 3.63) is 41.0 Å². The number of carboxylic acids is 1. The molecule has 1 aromatic heterocycles. The molecule has 0 aliphatic carbocycles. The number of nitrogens with zero attached hydrogens (tertiary/aromatic N) is 2. The number of hydrogen-bond acceptors (Lipinski definition) is 5. The summed E-state index contributed by atoms with van der Waals surface area (Å²) >= 11 is 7.21. The van der Waals surface area contributed by atoms with Gasteiger partial charge in [0.2, 0.25) is 0 Å². The van der Waals surface area contributed by atoms with Crippen LogP contribution in [0, 0.1) is 0 Å². The van der Waals surface area contributed by atoms with E-state index in [4.69, 9.17) is 16.7 Å². The van der Waals surface area contributed by atoms with E-state index in [1.807, 2.05) is 6.26 Å². The summed E-state index contributed by atoms with van der Waals surface area (Å²) in [7, 11) is 0. The average Bonchev–Trinajstić information content (AvgIpc) is 2.38. The molecule has 2 rings (SSSR count). The van der Waals surface area contributed by atoms with E-state index in [2.05, 4.69) is 15.3 Å². The lowest BCUT2D eigenvalue weighted by atomic mass is 10.3. The summed E-state index contributed by atoms with van der Waals surface area (Å²) in [5.41, 5.74) is 0.679. The molecular formula is C12H10ClN3O2S. The summed E-state index contributed by atoms with van der Waals surface area (Å²) < 4.78 is 0. The third kappa shape index (κ3) is 3.36. The Morgan fingerprint density at radius 2 is 2.26 bits per heavy atom. The van der Waals surface area contributed by atoms with E-state index in [1.54, 1.807) is 24.3 Å². The molecule has 0 atom stereocenters. The van der Waals surface area contributed by atoms with Crippen LogP contribution in [0.4, 0.5) is 11.5 Å². The molecule has 7 heteroatoms. The number of aromatic carboxylic acids is 1. The van der Waals surface area contributed by atoms with Crippen molar-refractivity contribution >= 4 is 40.8 Å². The van der Waals surface area contributed by atoms with Crippen LogP contribution < -0.4 is 5.32 Å². The molecular weight excluding hydrogens is 286 g/mol. The Morgan fingerprint density at radius 1 is 1.47 bits per heavy atom. The van der Waals surface area contributed by atoms with Crippen molar-refractivity contribution in [1.82, 2.24) is 9.97 Å². The van der Waals surface area contributed by atoms with E-state index in [1.165, 1.54) is 18.0 Å². The first-order valence-corrected chi connectivity index (χ1v) is 6.87. The maximum Gasteiger partial charge on any atom is 0.341 e. The van der Waals surface area contributed by atoms with Gasteiger partial charge in [-0.1, -0.05) is 29.4 Å². The third-order valence-electron chi connectivity index (χ3n) is 2.27. The van der Waals surface area contributed by atoms with Crippen LogP contribution >= 0.6 is 23.4 Å². The molecule has 0 spiro atoms. The first-order valence-electron chi connectivity index (χ1n) is 5.27. The molecule has 0 saturated carbocycles. The predicted octanol–water partition coefficient (Wildman–Crippen LogP) is 3.29. The summed E-state index contributed by atoms with van der Waals surface area (Å²) in [6.45, 7) is 0. The Labute approximate surface area is 119 Å². The van der Waals surface area contributed by atoms with Crippen molar-refractivity contribution in [2.24, 2.45) is 0 Å². The van der Waals surface area contributed by atoms with Gasteiger partial charge in [-0.3, -0.25) is 0 Å². The molecule has 2 N–H and O–H groups in total. The first-order chi connectivity index (χ1) is 9.10. The molecule has 0 fully saturated rings. The van der Waals surface area contributed by atoms with Gasteiger partial charge in [-0.15, -0.1) is 0 Å². The van der Waals surface area contributed by atoms with Crippen molar-refractivity contribution in [2.75, 3.05) is 11.6 Å². The molecule has 0 radical (unpaired) electrons. The molecule has 0 aliphatic heterocycles. The SMILES string of the molecule is CSc1ncc(C(=O)O)c(Nc2cccc(Cl)c2)n1. The average molecular weight is 296 g/mol. The maximum absolute atomic E-state index is 11.1. The number of benzene rings is 1. The number of carboxylic acid groups (broad SMARTS) is 1. The van der Waals surface area contributed by atoms with E-state index in [9.17, 15) is 4.79 Å². The van der Waals surface area contributed by atoms with E-state index in [-0.39, 0.29) is 11.4 Å². The highest BCUT2D eigenvalue weighted by Crippen LogP contribution is 2.23. The van der Waals surface area contributed by atoms with Crippen LogP contribution in [0.2, 0.25) is 5.02 Å². The largest absolute Gasteiger partial charge is 0.477 e. The van der Waals surface area contributed by atoms with Gasteiger partial charge in [-0.05, 0) is 24.5 Å². The van der Waals surface area contributed by atoms with Crippen LogP contribution in [0.25, 0.3) is 0 Å². The van der Waals surface area contributed by atoms with Gasteiger partial charge < -0.3 is 10.4 Å². The van der Waals surface area contributed by atoms with Crippen molar-refractivity contribution in [3.8, 4) is 0 Å². The van der Waals surface area contributed by atoms with Gasteiger partial charge in [0.25, 0.3) is 0 Å². The second-order valence-corrected chi connectivity index (χ2v) is 4.77. The summed E-state index contributed by atoms with van der Waals surface area (Å²) in [6, 6.07) is 6.96. The minimum atomic E-state index is -1.09. The normalized spacial score (nSPS) is 10.2. The zero-order valence-electron chi connectivity index (χ0n) is 9.92. The van der Waals surface area contributed by atoms with Crippen molar-refractivity contribution in [1.29, 1.82) is 0 Å². The highest BCUT2D eigenvalue weighted by Gasteiger charge is 2.13. The molecule has 5 nitrogen and oxygen atoms in total. The highest BCUT2D eigenvalue weighted by molar-refractivity contribution is 7.98. The molecule has 0 aliphatic rings. The topological polar surface area (TPSA) is 75.1 Å². The number of rotatable bonds is 4. The van der Waals surface area contributed by atoms with Gasteiger partial charge in [-0.25, -0.2) is 14.8 Å². The lowest BCUT2D eigenvalue weighted by Gasteiger charge is -2.09. The zero-order chi connectivity index (χ0) is 13.8. The van der Waals surface area contributed by atoms with E-state index in [0.29, 0.717) is 15.9 Å². The van der Waals surface area contributed by atoms with Gasteiger partial charge in [0.1, 0.15) is 11.4 Å². The fourth-order valence-electron chi connectivity index (χ4n) is 1.42. The Hall–Kier alpha value is -1.79. The first kappa shape index (κ1) is 13.6. The van der Waals surface area contributed by atoms with Crippen LogP contribution in [-0.2, 0) is 0 Å². The Bertz CT molecular complexity index is 622. The minimum absolute atomic E-state index is 0.0118. The zero-order valence-corrected chi connectivity index (χ0v) is 11.5. The van der Waals surface area contributed by atoms with Crippen molar-refractivity contribution in [3.63, 3.8) is 0 Å². The fourth-order valence-corrected chi connectivity index (χ4v) is 1.95. The predicted molar refractivity (Wildman–Crippen MR) is 75.5 cm³/mol. The van der Waals surface area contributed by atoms with Gasteiger partial charge in [0, 0.05) is 16.9 Å². The summed E-state index contributed by atoms with van der Waals surface area (Å²) in [6.07, 6.45) is 3.10. The number of anilines is 2. The molecule has 98 valence electrons. The fraction of sp³-hybridized carbons (Fsp3) is 0.0833. The molecule has 1 aromatic carbocycles. The highest BCUT2D eigenvalue weighted by atomic mass is 35.5. The number of thioether (sulfide) groups is 1. The number of nitrogens with one attached hydrogen (secondary N) is 1. The number of carbonyl (C=O) groups is 1. The molecule has 1 heterocycles. The quantitative estimate of drug-likeness (QED) is 0.666. The lowest BCUT2D eigenvalue weighted by molar-refractivity contribution is 0.0697. The van der Waals surface area contributed by atoms with E-state index >= 15 is 0 Å².